The Kier molecular flexibility index (Phi) is 8.95. The fourth-order valence-corrected chi connectivity index (χ4v) is 3.05. The Balaban J connectivity index is 2.05. The van der Waals surface area contributed by atoms with Crippen LogP contribution >= 0.6 is 15.9 Å². The molecule has 0 aromatic heterocycles. The summed E-state index contributed by atoms with van der Waals surface area (Å²) in [6.45, 7) is 8.31. The quantitative estimate of drug-likeness (QED) is 0.249. The highest BCUT2D eigenvalue weighted by atomic mass is 79.9. The maximum absolute atomic E-state index is 12.2. The number of nitrogens with one attached hydrogen (secondary N) is 1. The topological polar surface area (TPSA) is 103 Å². The lowest BCUT2D eigenvalue weighted by molar-refractivity contribution is -0.132. The predicted molar refractivity (Wildman–Crippen MR) is 123 cm³/mol. The minimum Gasteiger partial charge on any atom is -0.483 e. The molecule has 1 amide bonds. The number of esters is 2. The number of benzene rings is 2. The van der Waals surface area contributed by atoms with Crippen molar-refractivity contribution < 1.29 is 28.6 Å². The summed E-state index contributed by atoms with van der Waals surface area (Å²) in [7, 11) is 0. The van der Waals surface area contributed by atoms with Crippen LogP contribution in [0.1, 0.15) is 50.3 Å². The molecule has 9 heteroatoms. The summed E-state index contributed by atoms with van der Waals surface area (Å²) in [6.07, 6.45) is 1.32. The number of hydrazone groups is 1. The average molecular weight is 505 g/mol. The predicted octanol–water partition coefficient (Wildman–Crippen LogP) is 4.26. The molecule has 0 saturated carbocycles. The number of carbonyl (C=O) groups is 3. The van der Waals surface area contributed by atoms with Crippen LogP contribution in [0.4, 0.5) is 0 Å². The largest absolute Gasteiger partial charge is 0.483 e. The Morgan fingerprint density at radius 2 is 1.75 bits per heavy atom. The van der Waals surface area contributed by atoms with Gasteiger partial charge < -0.3 is 14.2 Å². The van der Waals surface area contributed by atoms with Crippen LogP contribution in [0.25, 0.3) is 0 Å². The van der Waals surface area contributed by atoms with Crippen molar-refractivity contribution in [3.8, 4) is 17.2 Å². The van der Waals surface area contributed by atoms with Gasteiger partial charge in [0.05, 0.1) is 6.21 Å². The van der Waals surface area contributed by atoms with E-state index in [0.29, 0.717) is 11.3 Å². The number of nitrogens with zero attached hydrogens (tertiary/aromatic N) is 1. The number of amides is 1. The number of ether oxygens (including phenoxy) is 3. The zero-order valence-electron chi connectivity index (χ0n) is 18.5. The van der Waals surface area contributed by atoms with Crippen LogP contribution in [-0.2, 0) is 14.4 Å². The second-order valence-corrected chi connectivity index (χ2v) is 8.12. The maximum Gasteiger partial charge on any atom is 0.308 e. The van der Waals surface area contributed by atoms with E-state index in [0.717, 1.165) is 15.6 Å². The Bertz CT molecular complexity index is 1050. The summed E-state index contributed by atoms with van der Waals surface area (Å²) in [5, 5.41) is 3.89. The van der Waals surface area contributed by atoms with E-state index in [1.807, 2.05) is 32.9 Å². The third-order valence-corrected chi connectivity index (χ3v) is 5.02. The molecule has 8 nitrogen and oxygen atoms in total. The van der Waals surface area contributed by atoms with E-state index in [1.54, 1.807) is 6.07 Å². The molecule has 32 heavy (non-hydrogen) atoms. The Morgan fingerprint density at radius 1 is 1.06 bits per heavy atom. The summed E-state index contributed by atoms with van der Waals surface area (Å²) < 4.78 is 16.8. The van der Waals surface area contributed by atoms with Crippen LogP contribution in [0, 0.1) is 6.92 Å². The zero-order valence-corrected chi connectivity index (χ0v) is 20.1. The van der Waals surface area contributed by atoms with Crippen LogP contribution in [0.3, 0.4) is 0 Å². The number of rotatable bonds is 8. The standard InChI is InChI=1S/C23H25BrN2O6/c1-13(2)19-10-20(24)14(3)8-22(19)30-12-23(29)26-25-11-17-6-7-18(31-15(4)27)9-21(17)32-16(5)28/h6-11,13H,12H2,1-5H3,(H,26,29). The Morgan fingerprint density at radius 3 is 2.38 bits per heavy atom. The number of halogens is 1. The molecule has 0 bridgehead atoms. The lowest BCUT2D eigenvalue weighted by atomic mass is 10.0. The molecule has 0 aliphatic rings. The van der Waals surface area contributed by atoms with Crippen molar-refractivity contribution in [3.63, 3.8) is 0 Å². The highest BCUT2D eigenvalue weighted by molar-refractivity contribution is 9.10. The van der Waals surface area contributed by atoms with Gasteiger partial charge in [0.1, 0.15) is 17.2 Å². The summed E-state index contributed by atoms with van der Waals surface area (Å²) in [5.74, 6) is -0.305. The SMILES string of the molecule is CC(=O)Oc1ccc(C=NNC(=O)COc2cc(C)c(Br)cc2C(C)C)c(OC(C)=O)c1. The van der Waals surface area contributed by atoms with Crippen molar-refractivity contribution in [2.45, 2.75) is 40.5 Å². The molecule has 0 fully saturated rings. The van der Waals surface area contributed by atoms with E-state index < -0.39 is 17.8 Å². The van der Waals surface area contributed by atoms with Crippen LogP contribution < -0.4 is 19.6 Å². The van der Waals surface area contributed by atoms with E-state index in [-0.39, 0.29) is 24.0 Å². The van der Waals surface area contributed by atoms with Gasteiger partial charge in [-0.05, 0) is 48.2 Å². The second kappa shape index (κ2) is 11.4. The molecule has 0 aliphatic heterocycles. The molecule has 0 saturated heterocycles. The first-order chi connectivity index (χ1) is 15.1. The molecule has 2 aromatic rings. The minimum atomic E-state index is -0.553. The van der Waals surface area contributed by atoms with Crippen molar-refractivity contribution in [3.05, 3.63) is 51.5 Å². The smallest absolute Gasteiger partial charge is 0.308 e. The van der Waals surface area contributed by atoms with Gasteiger partial charge in [-0.25, -0.2) is 5.43 Å². The third kappa shape index (κ3) is 7.49. The molecule has 0 heterocycles. The van der Waals surface area contributed by atoms with Crippen molar-refractivity contribution in [2.75, 3.05) is 6.61 Å². The highest BCUT2D eigenvalue weighted by Gasteiger charge is 2.13. The van der Waals surface area contributed by atoms with Gasteiger partial charge in [0.15, 0.2) is 6.61 Å². The van der Waals surface area contributed by atoms with Gasteiger partial charge >= 0.3 is 11.9 Å². The van der Waals surface area contributed by atoms with Crippen LogP contribution in [0.5, 0.6) is 17.2 Å². The maximum atomic E-state index is 12.2. The minimum absolute atomic E-state index is 0.136. The van der Waals surface area contributed by atoms with E-state index in [1.165, 1.54) is 32.2 Å². The molecular weight excluding hydrogens is 480 g/mol. The number of carbonyl (C=O) groups excluding carboxylic acids is 3. The summed E-state index contributed by atoms with van der Waals surface area (Å²) >= 11 is 3.51. The van der Waals surface area contributed by atoms with Gasteiger partial charge in [-0.3, -0.25) is 14.4 Å². The van der Waals surface area contributed by atoms with Gasteiger partial charge in [-0.2, -0.15) is 5.10 Å². The monoisotopic (exact) mass is 504 g/mol. The normalized spacial score (nSPS) is 10.8. The molecule has 1 N–H and O–H groups in total. The van der Waals surface area contributed by atoms with Gasteiger partial charge in [0.2, 0.25) is 0 Å². The van der Waals surface area contributed by atoms with Gasteiger partial charge in [0.25, 0.3) is 5.91 Å². The molecule has 0 aliphatic carbocycles. The highest BCUT2D eigenvalue weighted by Crippen LogP contribution is 2.32. The molecule has 0 unspecified atom stereocenters. The lowest BCUT2D eigenvalue weighted by Crippen LogP contribution is -2.25. The van der Waals surface area contributed by atoms with Crippen molar-refractivity contribution in [1.82, 2.24) is 5.43 Å². The zero-order chi connectivity index (χ0) is 23.8. The van der Waals surface area contributed by atoms with E-state index >= 15 is 0 Å². The fraction of sp³-hybridized carbons (Fsp3) is 0.304. The Labute approximate surface area is 195 Å². The molecule has 0 radical (unpaired) electrons. The summed E-state index contributed by atoms with van der Waals surface area (Å²) in [6, 6.07) is 8.32. The van der Waals surface area contributed by atoms with Crippen molar-refractivity contribution in [1.29, 1.82) is 0 Å². The third-order valence-electron chi connectivity index (χ3n) is 4.17. The molecule has 0 atom stereocenters. The molecule has 2 rings (SSSR count). The van der Waals surface area contributed by atoms with Crippen LogP contribution in [0.15, 0.2) is 39.9 Å². The molecule has 0 spiro atoms. The van der Waals surface area contributed by atoms with E-state index in [4.69, 9.17) is 14.2 Å². The van der Waals surface area contributed by atoms with E-state index in [9.17, 15) is 14.4 Å². The van der Waals surface area contributed by atoms with Crippen molar-refractivity contribution in [2.24, 2.45) is 5.10 Å². The number of aryl methyl sites for hydroxylation is 1. The first-order valence-electron chi connectivity index (χ1n) is 9.82. The van der Waals surface area contributed by atoms with Crippen LogP contribution in [-0.4, -0.2) is 30.7 Å². The first kappa shape index (κ1) is 25.1. The lowest BCUT2D eigenvalue weighted by Gasteiger charge is -2.15. The number of hydrogen-bond acceptors (Lipinski definition) is 7. The summed E-state index contributed by atoms with van der Waals surface area (Å²) in [4.78, 5) is 34.7. The van der Waals surface area contributed by atoms with E-state index in [2.05, 4.69) is 26.5 Å². The summed E-state index contributed by atoms with van der Waals surface area (Å²) in [5.41, 5.74) is 4.76. The average Bonchev–Trinajstić information content (AvgIpc) is 2.69. The van der Waals surface area contributed by atoms with Gasteiger partial charge in [-0.15, -0.1) is 0 Å². The van der Waals surface area contributed by atoms with Gasteiger partial charge in [-0.1, -0.05) is 29.8 Å². The van der Waals surface area contributed by atoms with Crippen molar-refractivity contribution >= 4 is 40.0 Å². The first-order valence-corrected chi connectivity index (χ1v) is 10.6. The number of hydrogen-bond donors (Lipinski definition) is 1. The molecule has 170 valence electrons. The van der Waals surface area contributed by atoms with Crippen LogP contribution in [0.2, 0.25) is 0 Å². The van der Waals surface area contributed by atoms with Gasteiger partial charge in [0, 0.05) is 30.0 Å². The molecular formula is C23H25BrN2O6. The fourth-order valence-electron chi connectivity index (χ4n) is 2.69. The Hall–Kier alpha value is -3.20. The molecule has 2 aromatic carbocycles. The second-order valence-electron chi connectivity index (χ2n) is 7.26.